The van der Waals surface area contributed by atoms with Crippen molar-refractivity contribution in [1.82, 2.24) is 9.38 Å². The molecule has 0 aliphatic rings. The zero-order valence-corrected chi connectivity index (χ0v) is 6.77. The van der Waals surface area contributed by atoms with Gasteiger partial charge in [-0.05, 0) is 18.1 Å². The van der Waals surface area contributed by atoms with Crippen molar-refractivity contribution in [2.75, 3.05) is 0 Å². The van der Waals surface area contributed by atoms with Gasteiger partial charge in [0, 0.05) is 18.6 Å². The van der Waals surface area contributed by atoms with E-state index in [1.54, 1.807) is 0 Å². The minimum absolute atomic E-state index is 0.876. The van der Waals surface area contributed by atoms with E-state index in [1.165, 1.54) is 5.56 Å². The zero-order chi connectivity index (χ0) is 8.39. The Morgan fingerprint density at radius 3 is 3.25 bits per heavy atom. The number of fused-ring (bicyclic) bond motifs is 1. The molecule has 0 atom stereocenters. The van der Waals surface area contributed by atoms with Crippen LogP contribution in [0.1, 0.15) is 5.56 Å². The summed E-state index contributed by atoms with van der Waals surface area (Å²) < 4.78 is 2.01. The molecule has 0 fully saturated rings. The van der Waals surface area contributed by atoms with Crippen LogP contribution in [0.5, 0.6) is 0 Å². The average molecular weight is 158 g/mol. The predicted molar refractivity (Wildman–Crippen MR) is 49.1 cm³/mol. The number of nitrogens with zero attached hydrogens (tertiary/aromatic N) is 2. The van der Waals surface area contributed by atoms with Crippen molar-refractivity contribution in [3.05, 3.63) is 48.9 Å². The first-order chi connectivity index (χ1) is 5.92. The van der Waals surface area contributed by atoms with Gasteiger partial charge in [0.05, 0.1) is 0 Å². The maximum atomic E-state index is 4.25. The van der Waals surface area contributed by atoms with Crippen LogP contribution in [0.15, 0.2) is 43.4 Å². The maximum absolute atomic E-state index is 4.25. The Kier molecular flexibility index (Phi) is 1.67. The van der Waals surface area contributed by atoms with Gasteiger partial charge in [0.25, 0.3) is 0 Å². The Morgan fingerprint density at radius 1 is 1.50 bits per heavy atom. The minimum Gasteiger partial charge on any atom is -0.307 e. The van der Waals surface area contributed by atoms with E-state index in [2.05, 4.69) is 17.6 Å². The fourth-order valence-electron chi connectivity index (χ4n) is 1.32. The molecule has 0 unspecified atom stereocenters. The van der Waals surface area contributed by atoms with Crippen LogP contribution >= 0.6 is 0 Å². The second-order valence-corrected chi connectivity index (χ2v) is 2.68. The van der Waals surface area contributed by atoms with Gasteiger partial charge >= 0.3 is 0 Å². The smallest absolute Gasteiger partial charge is 0.140 e. The first-order valence-corrected chi connectivity index (χ1v) is 3.93. The van der Waals surface area contributed by atoms with Crippen LogP contribution in [0.4, 0.5) is 0 Å². The largest absolute Gasteiger partial charge is 0.307 e. The lowest BCUT2D eigenvalue weighted by Crippen LogP contribution is -1.89. The van der Waals surface area contributed by atoms with Crippen LogP contribution in [0.3, 0.4) is 0 Å². The molecule has 0 aliphatic heterocycles. The second-order valence-electron chi connectivity index (χ2n) is 2.68. The molecule has 2 nitrogen and oxygen atoms in total. The standard InChI is InChI=1S/C10H10N2/c1-2-4-9-5-3-7-12-8-6-11-10(9)12/h2-3,5-8H,1,4H2. The van der Waals surface area contributed by atoms with Crippen molar-refractivity contribution in [3.8, 4) is 0 Å². The second kappa shape index (κ2) is 2.81. The van der Waals surface area contributed by atoms with Crippen LogP contribution in [-0.4, -0.2) is 9.38 Å². The molecule has 2 aromatic rings. The Labute approximate surface area is 71.2 Å². The summed E-state index contributed by atoms with van der Waals surface area (Å²) in [5, 5.41) is 0. The number of hydrogen-bond donors (Lipinski definition) is 0. The highest BCUT2D eigenvalue weighted by atomic mass is 15.0. The number of rotatable bonds is 2. The Morgan fingerprint density at radius 2 is 2.42 bits per heavy atom. The fourth-order valence-corrected chi connectivity index (χ4v) is 1.32. The van der Waals surface area contributed by atoms with Crippen LogP contribution in [0.25, 0.3) is 5.65 Å². The number of pyridine rings is 1. The normalized spacial score (nSPS) is 10.3. The highest BCUT2D eigenvalue weighted by molar-refractivity contribution is 5.48. The van der Waals surface area contributed by atoms with E-state index < -0.39 is 0 Å². The summed E-state index contributed by atoms with van der Waals surface area (Å²) in [4.78, 5) is 4.25. The van der Waals surface area contributed by atoms with Crippen molar-refractivity contribution < 1.29 is 0 Å². The van der Waals surface area contributed by atoms with Crippen LogP contribution in [0.2, 0.25) is 0 Å². The first-order valence-electron chi connectivity index (χ1n) is 3.93. The summed E-state index contributed by atoms with van der Waals surface area (Å²) in [6, 6.07) is 4.09. The minimum atomic E-state index is 0.876. The van der Waals surface area contributed by atoms with Crippen LogP contribution in [0, 0.1) is 0 Å². The van der Waals surface area contributed by atoms with E-state index in [0.29, 0.717) is 0 Å². The van der Waals surface area contributed by atoms with Crippen molar-refractivity contribution in [2.24, 2.45) is 0 Å². The van der Waals surface area contributed by atoms with E-state index in [-0.39, 0.29) is 0 Å². The highest BCUT2D eigenvalue weighted by Gasteiger charge is 1.98. The van der Waals surface area contributed by atoms with E-state index in [4.69, 9.17) is 0 Å². The molecule has 0 amide bonds. The third kappa shape index (κ3) is 1.01. The summed E-state index contributed by atoms with van der Waals surface area (Å²) in [6.45, 7) is 3.71. The van der Waals surface area contributed by atoms with Gasteiger partial charge in [-0.15, -0.1) is 6.58 Å². The molecule has 0 aliphatic carbocycles. The SMILES string of the molecule is C=CCc1cccn2ccnc12. The van der Waals surface area contributed by atoms with Crippen molar-refractivity contribution >= 4 is 5.65 Å². The summed E-state index contributed by atoms with van der Waals surface area (Å²) in [6.07, 6.45) is 8.52. The molecule has 2 heteroatoms. The zero-order valence-electron chi connectivity index (χ0n) is 6.77. The first kappa shape index (κ1) is 7.10. The number of imidazole rings is 1. The van der Waals surface area contributed by atoms with Gasteiger partial charge in [-0.25, -0.2) is 4.98 Å². The summed E-state index contributed by atoms with van der Waals surface area (Å²) in [7, 11) is 0. The molecule has 0 N–H and O–H groups in total. The molecule has 2 aromatic heterocycles. The molecule has 2 heterocycles. The van der Waals surface area contributed by atoms with Gasteiger partial charge in [0.1, 0.15) is 5.65 Å². The highest BCUT2D eigenvalue weighted by Crippen LogP contribution is 2.08. The molecule has 0 bridgehead atoms. The van der Waals surface area contributed by atoms with Gasteiger partial charge in [0.2, 0.25) is 0 Å². The van der Waals surface area contributed by atoms with Crippen molar-refractivity contribution in [1.29, 1.82) is 0 Å². The van der Waals surface area contributed by atoms with Gasteiger partial charge < -0.3 is 4.40 Å². The maximum Gasteiger partial charge on any atom is 0.140 e. The third-order valence-corrected chi connectivity index (χ3v) is 1.86. The van der Waals surface area contributed by atoms with E-state index in [1.807, 2.05) is 35.1 Å². The lowest BCUT2D eigenvalue weighted by Gasteiger charge is -1.98. The number of hydrogen-bond acceptors (Lipinski definition) is 1. The molecular weight excluding hydrogens is 148 g/mol. The molecule has 0 aromatic carbocycles. The quantitative estimate of drug-likeness (QED) is 0.611. The molecule has 0 saturated carbocycles. The molecule has 12 heavy (non-hydrogen) atoms. The summed E-state index contributed by atoms with van der Waals surface area (Å²) in [5.74, 6) is 0. The molecule has 60 valence electrons. The van der Waals surface area contributed by atoms with Crippen molar-refractivity contribution in [2.45, 2.75) is 6.42 Å². The van der Waals surface area contributed by atoms with Crippen molar-refractivity contribution in [3.63, 3.8) is 0 Å². The number of allylic oxidation sites excluding steroid dienone is 1. The van der Waals surface area contributed by atoms with Gasteiger partial charge in [-0.1, -0.05) is 12.1 Å². The molecule has 2 rings (SSSR count). The number of aromatic nitrogens is 2. The molecule has 0 spiro atoms. The summed E-state index contributed by atoms with van der Waals surface area (Å²) in [5.41, 5.74) is 2.25. The lowest BCUT2D eigenvalue weighted by atomic mass is 10.2. The summed E-state index contributed by atoms with van der Waals surface area (Å²) >= 11 is 0. The molecule has 0 saturated heterocycles. The lowest BCUT2D eigenvalue weighted by molar-refractivity contribution is 1.13. The van der Waals surface area contributed by atoms with Crippen LogP contribution in [-0.2, 0) is 6.42 Å². The molecular formula is C10H10N2. The Hall–Kier alpha value is -1.57. The average Bonchev–Trinajstić information content (AvgIpc) is 2.53. The molecule has 0 radical (unpaired) electrons. The monoisotopic (exact) mass is 158 g/mol. The fraction of sp³-hybridized carbons (Fsp3) is 0.100. The van der Waals surface area contributed by atoms with E-state index in [0.717, 1.165) is 12.1 Å². The Bertz CT molecular complexity index is 401. The van der Waals surface area contributed by atoms with E-state index >= 15 is 0 Å². The third-order valence-electron chi connectivity index (χ3n) is 1.86. The topological polar surface area (TPSA) is 17.3 Å². The van der Waals surface area contributed by atoms with Gasteiger partial charge in [0.15, 0.2) is 0 Å². The Balaban J connectivity index is 2.65. The van der Waals surface area contributed by atoms with Gasteiger partial charge in [-0.2, -0.15) is 0 Å². The van der Waals surface area contributed by atoms with Gasteiger partial charge in [-0.3, -0.25) is 0 Å². The van der Waals surface area contributed by atoms with E-state index in [9.17, 15) is 0 Å². The van der Waals surface area contributed by atoms with Crippen LogP contribution < -0.4 is 0 Å². The predicted octanol–water partition coefficient (Wildman–Crippen LogP) is 2.06.